The Bertz CT molecular complexity index is 1300. The first-order chi connectivity index (χ1) is 19.4. The number of para-hydroxylation sites is 1. The summed E-state index contributed by atoms with van der Waals surface area (Å²) in [5, 5.41) is 8.16. The lowest BCUT2D eigenvalue weighted by Crippen LogP contribution is -2.27. The average Bonchev–Trinajstić information content (AvgIpc) is 3.38. The number of hydrogen-bond acceptors (Lipinski definition) is 1. The van der Waals surface area contributed by atoms with Crippen LogP contribution in [0.4, 0.5) is 10.5 Å². The van der Waals surface area contributed by atoms with Gasteiger partial charge in [0.05, 0.1) is 0 Å². The smallest absolute Gasteiger partial charge is 0.323 e. The topological polar surface area (TPSA) is 56.9 Å². The van der Waals surface area contributed by atoms with Crippen molar-refractivity contribution in [3.8, 4) is 0 Å². The SMILES string of the molecule is C=C/C=C\C(=C/NC(=O)Nc1ccccc1C(C)(C)C)[C@H](CC)CCCC.C=c1[nH]cc/c1=C(\C)C(C)C(C)=CC. The molecule has 1 unspecified atom stereocenters. The van der Waals surface area contributed by atoms with Crippen LogP contribution >= 0.6 is 0 Å². The third kappa shape index (κ3) is 11.9. The molecule has 0 radical (unpaired) electrons. The maximum absolute atomic E-state index is 12.5. The molecule has 2 rings (SSSR count). The summed E-state index contributed by atoms with van der Waals surface area (Å²) in [6.45, 7) is 27.2. The highest BCUT2D eigenvalue weighted by Crippen LogP contribution is 2.29. The normalized spacial score (nSPS) is 14.6. The zero-order chi connectivity index (χ0) is 31.0. The number of rotatable bonds is 11. The molecule has 0 aliphatic heterocycles. The van der Waals surface area contributed by atoms with E-state index in [1.54, 1.807) is 6.08 Å². The van der Waals surface area contributed by atoms with Crippen molar-refractivity contribution in [3.05, 3.63) is 101 Å². The van der Waals surface area contributed by atoms with E-state index in [4.69, 9.17) is 0 Å². The van der Waals surface area contributed by atoms with Crippen LogP contribution in [0.3, 0.4) is 0 Å². The van der Waals surface area contributed by atoms with Gasteiger partial charge in [-0.15, -0.1) is 0 Å². The van der Waals surface area contributed by atoms with Crippen LogP contribution in [0.15, 0.2) is 84.8 Å². The number of urea groups is 1. The number of benzene rings is 1. The highest BCUT2D eigenvalue weighted by atomic mass is 16.2. The van der Waals surface area contributed by atoms with Crippen molar-refractivity contribution in [2.45, 2.75) is 93.4 Å². The van der Waals surface area contributed by atoms with Gasteiger partial charge in [0.2, 0.25) is 0 Å². The number of aromatic amines is 1. The molecule has 3 N–H and O–H groups in total. The number of H-pyrrole nitrogens is 1. The Hall–Kier alpha value is -3.53. The summed E-state index contributed by atoms with van der Waals surface area (Å²) in [6.07, 6.45) is 16.2. The molecule has 0 aliphatic rings. The number of carbonyl (C=O) groups is 1. The standard InChI is InChI=1S/C24H36N2O.C13H19N/c1-7-10-14-19(9-3)20(15-11-8-2)18-25-23(27)26-22-17-13-12-16-21(22)24(4,5)6;1-6-9(2)10(3)11(4)13-7-8-14-12(13)5/h8,11-13,15-19H,2,7,9-10,14H2,1,3-6H3,(H2,25,26,27);6-8,10,14H,5H2,1-4H3/b15-11-,20-18+;9-6?,13-11-/t19-;/m1./s1. The molecule has 2 atom stereocenters. The van der Waals surface area contributed by atoms with Crippen LogP contribution in [0, 0.1) is 11.8 Å². The van der Waals surface area contributed by atoms with Gasteiger partial charge in [0.15, 0.2) is 0 Å². The molecule has 41 heavy (non-hydrogen) atoms. The second-order valence-corrected chi connectivity index (χ2v) is 11.7. The molecule has 4 heteroatoms. The van der Waals surface area contributed by atoms with E-state index < -0.39 is 0 Å². The van der Waals surface area contributed by atoms with Gasteiger partial charge >= 0.3 is 6.03 Å². The van der Waals surface area contributed by atoms with E-state index >= 15 is 0 Å². The summed E-state index contributed by atoms with van der Waals surface area (Å²) >= 11 is 0. The van der Waals surface area contributed by atoms with E-state index in [2.05, 4.69) is 109 Å². The third-order valence-electron chi connectivity index (χ3n) is 7.69. The highest BCUT2D eigenvalue weighted by molar-refractivity contribution is 5.91. The number of allylic oxidation sites excluding steroid dienone is 6. The van der Waals surface area contributed by atoms with Crippen LogP contribution in [0.1, 0.15) is 93.6 Å². The van der Waals surface area contributed by atoms with Crippen molar-refractivity contribution >= 4 is 23.9 Å². The number of carbonyl (C=O) groups excluding carboxylic acids is 1. The van der Waals surface area contributed by atoms with Crippen molar-refractivity contribution in [1.82, 2.24) is 10.3 Å². The van der Waals surface area contributed by atoms with Gasteiger partial charge < -0.3 is 15.6 Å². The minimum atomic E-state index is -0.221. The first-order valence-corrected chi connectivity index (χ1v) is 15.0. The van der Waals surface area contributed by atoms with Gasteiger partial charge in [0.25, 0.3) is 0 Å². The summed E-state index contributed by atoms with van der Waals surface area (Å²) < 4.78 is 0. The second kappa shape index (κ2) is 18.0. The number of unbranched alkanes of at least 4 members (excludes halogenated alkanes) is 1. The molecule has 2 aromatic rings. The van der Waals surface area contributed by atoms with Gasteiger partial charge in [0.1, 0.15) is 0 Å². The fourth-order valence-corrected chi connectivity index (χ4v) is 4.69. The first kappa shape index (κ1) is 35.5. The van der Waals surface area contributed by atoms with E-state index in [-0.39, 0.29) is 11.4 Å². The molecule has 4 nitrogen and oxygen atoms in total. The monoisotopic (exact) mass is 557 g/mol. The van der Waals surface area contributed by atoms with Crippen LogP contribution in [0.25, 0.3) is 12.2 Å². The summed E-state index contributed by atoms with van der Waals surface area (Å²) in [6, 6.07) is 9.82. The zero-order valence-corrected chi connectivity index (χ0v) is 27.2. The summed E-state index contributed by atoms with van der Waals surface area (Å²) in [5.41, 5.74) is 5.84. The van der Waals surface area contributed by atoms with Gasteiger partial charge in [-0.2, -0.15) is 0 Å². The maximum atomic E-state index is 12.5. The van der Waals surface area contributed by atoms with Crippen molar-refractivity contribution in [2.75, 3.05) is 5.32 Å². The van der Waals surface area contributed by atoms with E-state index in [0.717, 1.165) is 35.0 Å². The van der Waals surface area contributed by atoms with Crippen molar-refractivity contribution < 1.29 is 4.79 Å². The van der Waals surface area contributed by atoms with E-state index in [1.165, 1.54) is 29.2 Å². The van der Waals surface area contributed by atoms with Crippen LogP contribution in [-0.4, -0.2) is 11.0 Å². The quantitative estimate of drug-likeness (QED) is 0.187. The van der Waals surface area contributed by atoms with Crippen molar-refractivity contribution in [1.29, 1.82) is 0 Å². The van der Waals surface area contributed by atoms with Crippen molar-refractivity contribution in [2.24, 2.45) is 11.8 Å². The number of nitrogens with one attached hydrogen (secondary N) is 3. The molecule has 2 amide bonds. The Kier molecular flexibility index (Phi) is 15.6. The predicted octanol–water partition coefficient (Wildman–Crippen LogP) is 9.15. The average molecular weight is 558 g/mol. The molecule has 1 heterocycles. The Labute approximate surface area is 250 Å². The molecule has 0 spiro atoms. The number of hydrogen-bond donors (Lipinski definition) is 3. The zero-order valence-electron chi connectivity index (χ0n) is 27.2. The molecule has 1 aromatic carbocycles. The second-order valence-electron chi connectivity index (χ2n) is 11.7. The lowest BCUT2D eigenvalue weighted by atomic mass is 9.86. The van der Waals surface area contributed by atoms with Crippen LogP contribution in [0.5, 0.6) is 0 Å². The Morgan fingerprint density at radius 2 is 1.80 bits per heavy atom. The Morgan fingerprint density at radius 3 is 2.34 bits per heavy atom. The summed E-state index contributed by atoms with van der Waals surface area (Å²) in [4.78, 5) is 15.6. The Balaban J connectivity index is 0.000000502. The molecule has 0 saturated heterocycles. The maximum Gasteiger partial charge on any atom is 0.323 e. The number of anilines is 1. The summed E-state index contributed by atoms with van der Waals surface area (Å²) in [5.74, 6) is 0.930. The van der Waals surface area contributed by atoms with Crippen LogP contribution in [0.2, 0.25) is 0 Å². The summed E-state index contributed by atoms with van der Waals surface area (Å²) in [7, 11) is 0. The van der Waals surface area contributed by atoms with E-state index in [9.17, 15) is 4.79 Å². The Morgan fingerprint density at radius 1 is 1.12 bits per heavy atom. The van der Waals surface area contributed by atoms with E-state index in [0.29, 0.717) is 11.8 Å². The van der Waals surface area contributed by atoms with Gasteiger partial charge in [-0.3, -0.25) is 0 Å². The number of amides is 2. The minimum absolute atomic E-state index is 0.0367. The van der Waals surface area contributed by atoms with E-state index in [1.807, 2.05) is 42.7 Å². The fourth-order valence-electron chi connectivity index (χ4n) is 4.69. The van der Waals surface area contributed by atoms with Crippen molar-refractivity contribution in [3.63, 3.8) is 0 Å². The lowest BCUT2D eigenvalue weighted by Gasteiger charge is -2.23. The minimum Gasteiger partial charge on any atom is -0.362 e. The lowest BCUT2D eigenvalue weighted by molar-refractivity contribution is 0.255. The molecule has 0 bridgehead atoms. The van der Waals surface area contributed by atoms with Gasteiger partial charge in [-0.25, -0.2) is 4.79 Å². The number of aromatic nitrogens is 1. The third-order valence-corrected chi connectivity index (χ3v) is 7.69. The van der Waals surface area contributed by atoms with Gasteiger partial charge in [0, 0.05) is 23.4 Å². The van der Waals surface area contributed by atoms with Crippen LogP contribution < -0.4 is 21.2 Å². The molecular formula is C37H55N3O. The van der Waals surface area contributed by atoms with Gasteiger partial charge in [-0.1, -0.05) is 121 Å². The molecule has 0 saturated carbocycles. The van der Waals surface area contributed by atoms with Crippen LogP contribution in [-0.2, 0) is 5.41 Å². The molecule has 1 aromatic heterocycles. The molecule has 0 fully saturated rings. The highest BCUT2D eigenvalue weighted by Gasteiger charge is 2.18. The molecular weight excluding hydrogens is 502 g/mol. The first-order valence-electron chi connectivity index (χ1n) is 15.0. The molecule has 0 aliphatic carbocycles. The van der Waals surface area contributed by atoms with Gasteiger partial charge in [-0.05, 0) is 79.4 Å². The molecule has 224 valence electrons. The fraction of sp³-hybridized carbons (Fsp3) is 0.432. The largest absolute Gasteiger partial charge is 0.362 e. The predicted molar refractivity (Wildman–Crippen MR) is 181 cm³/mol.